The number of sulfonamides is 1. The zero-order valence-electron chi connectivity index (χ0n) is 10.5. The Hall–Kier alpha value is -1.67. The Balaban J connectivity index is 2.05. The number of nitrogens with zero attached hydrogens (tertiary/aromatic N) is 1. The Kier molecular flexibility index (Phi) is 3.72. The Morgan fingerprint density at radius 2 is 2.21 bits per heavy atom. The predicted octanol–water partition coefficient (Wildman–Crippen LogP) is -0.391. The first-order valence-electron chi connectivity index (χ1n) is 5.93. The fourth-order valence-corrected chi connectivity index (χ4v) is 2.73. The second kappa shape index (κ2) is 5.14. The SMILES string of the molecule is CC(NS(=O)(=O)c1ccnc(N)c1)C(=O)NC1CC1. The van der Waals surface area contributed by atoms with Crippen LogP contribution in [0.4, 0.5) is 5.82 Å². The van der Waals surface area contributed by atoms with Crippen LogP contribution in [-0.2, 0) is 14.8 Å². The third-order valence-electron chi connectivity index (χ3n) is 2.71. The molecule has 1 aromatic rings. The molecule has 0 aromatic carbocycles. The molecule has 1 amide bonds. The summed E-state index contributed by atoms with van der Waals surface area (Å²) in [4.78, 5) is 15.4. The van der Waals surface area contributed by atoms with E-state index in [2.05, 4.69) is 15.0 Å². The number of rotatable bonds is 5. The summed E-state index contributed by atoms with van der Waals surface area (Å²) in [6.45, 7) is 1.50. The van der Waals surface area contributed by atoms with E-state index in [9.17, 15) is 13.2 Å². The van der Waals surface area contributed by atoms with Gasteiger partial charge in [-0.3, -0.25) is 4.79 Å². The van der Waals surface area contributed by atoms with E-state index in [1.54, 1.807) is 0 Å². The maximum Gasteiger partial charge on any atom is 0.241 e. The van der Waals surface area contributed by atoms with Crippen LogP contribution in [0.3, 0.4) is 0 Å². The predicted molar refractivity (Wildman–Crippen MR) is 69.6 cm³/mol. The molecule has 1 fully saturated rings. The van der Waals surface area contributed by atoms with Crippen molar-refractivity contribution in [2.45, 2.75) is 36.7 Å². The smallest absolute Gasteiger partial charge is 0.241 e. The van der Waals surface area contributed by atoms with E-state index in [-0.39, 0.29) is 22.7 Å². The van der Waals surface area contributed by atoms with Crippen molar-refractivity contribution in [1.82, 2.24) is 15.0 Å². The highest BCUT2D eigenvalue weighted by atomic mass is 32.2. The molecule has 0 aliphatic heterocycles. The Morgan fingerprint density at radius 3 is 2.79 bits per heavy atom. The molecule has 1 atom stereocenters. The maximum absolute atomic E-state index is 12.0. The largest absolute Gasteiger partial charge is 0.384 e. The molecular weight excluding hydrogens is 268 g/mol. The summed E-state index contributed by atoms with van der Waals surface area (Å²) in [5.41, 5.74) is 5.44. The number of aromatic nitrogens is 1. The van der Waals surface area contributed by atoms with E-state index in [4.69, 9.17) is 5.73 Å². The minimum atomic E-state index is -3.77. The van der Waals surface area contributed by atoms with E-state index in [0.717, 1.165) is 12.8 Å². The van der Waals surface area contributed by atoms with Crippen LogP contribution in [0.25, 0.3) is 0 Å². The van der Waals surface area contributed by atoms with Crippen LogP contribution < -0.4 is 15.8 Å². The zero-order chi connectivity index (χ0) is 14.0. The average molecular weight is 284 g/mol. The molecule has 7 nitrogen and oxygen atoms in total. The number of pyridine rings is 1. The van der Waals surface area contributed by atoms with E-state index < -0.39 is 16.1 Å². The Morgan fingerprint density at radius 1 is 1.53 bits per heavy atom. The topological polar surface area (TPSA) is 114 Å². The minimum Gasteiger partial charge on any atom is -0.384 e. The fraction of sp³-hybridized carbons (Fsp3) is 0.455. The van der Waals surface area contributed by atoms with E-state index in [1.807, 2.05) is 0 Å². The number of nitrogen functional groups attached to an aromatic ring is 1. The fourth-order valence-electron chi connectivity index (χ4n) is 1.50. The van der Waals surface area contributed by atoms with Crippen molar-refractivity contribution < 1.29 is 13.2 Å². The first kappa shape index (κ1) is 13.8. The van der Waals surface area contributed by atoms with Crippen molar-refractivity contribution in [1.29, 1.82) is 0 Å². The summed E-state index contributed by atoms with van der Waals surface area (Å²) >= 11 is 0. The Labute approximate surface area is 111 Å². The van der Waals surface area contributed by atoms with Gasteiger partial charge in [0.2, 0.25) is 15.9 Å². The molecule has 0 radical (unpaired) electrons. The molecule has 8 heteroatoms. The standard InChI is InChI=1S/C11H16N4O3S/c1-7(11(16)14-8-2-3-8)15-19(17,18)9-4-5-13-10(12)6-9/h4-8,15H,2-3H2,1H3,(H2,12,13)(H,14,16). The maximum atomic E-state index is 12.0. The van der Waals surface area contributed by atoms with E-state index in [0.29, 0.717) is 0 Å². The first-order chi connectivity index (χ1) is 8.88. The van der Waals surface area contributed by atoms with Gasteiger partial charge in [-0.25, -0.2) is 13.4 Å². The molecule has 1 heterocycles. The number of nitrogens with one attached hydrogen (secondary N) is 2. The molecular formula is C11H16N4O3S. The third kappa shape index (κ3) is 3.65. The van der Waals surface area contributed by atoms with Gasteiger partial charge in [0.1, 0.15) is 5.82 Å². The van der Waals surface area contributed by atoms with Gasteiger partial charge in [0, 0.05) is 18.3 Å². The normalized spacial score (nSPS) is 16.9. The van der Waals surface area contributed by atoms with Crippen molar-refractivity contribution in [2.75, 3.05) is 5.73 Å². The van der Waals surface area contributed by atoms with Gasteiger partial charge >= 0.3 is 0 Å². The van der Waals surface area contributed by atoms with Crippen LogP contribution in [0.15, 0.2) is 23.2 Å². The summed E-state index contributed by atoms with van der Waals surface area (Å²) in [7, 11) is -3.77. The quantitative estimate of drug-likeness (QED) is 0.681. The van der Waals surface area contributed by atoms with Crippen molar-refractivity contribution >= 4 is 21.7 Å². The summed E-state index contributed by atoms with van der Waals surface area (Å²) in [5, 5.41) is 2.74. The van der Waals surface area contributed by atoms with Gasteiger partial charge in [-0.2, -0.15) is 4.72 Å². The van der Waals surface area contributed by atoms with Gasteiger partial charge in [0.15, 0.2) is 0 Å². The highest BCUT2D eigenvalue weighted by Crippen LogP contribution is 2.18. The van der Waals surface area contributed by atoms with Gasteiger partial charge in [-0.15, -0.1) is 0 Å². The van der Waals surface area contributed by atoms with Crippen LogP contribution in [0.2, 0.25) is 0 Å². The lowest BCUT2D eigenvalue weighted by Gasteiger charge is -2.14. The lowest BCUT2D eigenvalue weighted by atomic mass is 10.3. The van der Waals surface area contributed by atoms with Crippen LogP contribution >= 0.6 is 0 Å². The molecule has 1 aromatic heterocycles. The average Bonchev–Trinajstić information content (AvgIpc) is 3.12. The molecule has 0 saturated heterocycles. The summed E-state index contributed by atoms with van der Waals surface area (Å²) in [6, 6.07) is 1.92. The number of carbonyl (C=O) groups excluding carboxylic acids is 1. The lowest BCUT2D eigenvalue weighted by molar-refractivity contribution is -0.122. The Bertz CT molecular complexity index is 583. The number of hydrogen-bond acceptors (Lipinski definition) is 5. The van der Waals surface area contributed by atoms with Crippen molar-refractivity contribution in [2.24, 2.45) is 0 Å². The van der Waals surface area contributed by atoms with Crippen LogP contribution in [-0.4, -0.2) is 31.4 Å². The summed E-state index contributed by atoms with van der Waals surface area (Å²) in [5.74, 6) is -0.217. The minimum absolute atomic E-state index is 0.00827. The molecule has 1 aliphatic carbocycles. The molecule has 4 N–H and O–H groups in total. The number of carbonyl (C=O) groups is 1. The second-order valence-corrected chi connectivity index (χ2v) is 6.26. The van der Waals surface area contributed by atoms with Crippen molar-refractivity contribution in [3.8, 4) is 0 Å². The molecule has 104 valence electrons. The van der Waals surface area contributed by atoms with Gasteiger partial charge in [-0.1, -0.05) is 0 Å². The monoisotopic (exact) mass is 284 g/mol. The molecule has 1 aliphatic rings. The molecule has 1 unspecified atom stereocenters. The highest BCUT2D eigenvalue weighted by molar-refractivity contribution is 7.89. The summed E-state index contributed by atoms with van der Waals surface area (Å²) < 4.78 is 26.4. The highest BCUT2D eigenvalue weighted by Gasteiger charge is 2.28. The van der Waals surface area contributed by atoms with Crippen LogP contribution in [0, 0.1) is 0 Å². The lowest BCUT2D eigenvalue weighted by Crippen LogP contribution is -2.45. The van der Waals surface area contributed by atoms with Crippen LogP contribution in [0.5, 0.6) is 0 Å². The van der Waals surface area contributed by atoms with Gasteiger partial charge in [0.25, 0.3) is 0 Å². The van der Waals surface area contributed by atoms with E-state index in [1.165, 1.54) is 25.3 Å². The molecule has 0 spiro atoms. The second-order valence-electron chi connectivity index (χ2n) is 4.54. The molecule has 19 heavy (non-hydrogen) atoms. The van der Waals surface area contributed by atoms with E-state index >= 15 is 0 Å². The third-order valence-corrected chi connectivity index (χ3v) is 4.25. The zero-order valence-corrected chi connectivity index (χ0v) is 11.3. The number of nitrogens with two attached hydrogens (primary N) is 1. The van der Waals surface area contributed by atoms with Gasteiger partial charge in [-0.05, 0) is 25.8 Å². The number of amides is 1. The van der Waals surface area contributed by atoms with Gasteiger partial charge < -0.3 is 11.1 Å². The number of anilines is 1. The summed E-state index contributed by atoms with van der Waals surface area (Å²) in [6.07, 6.45) is 3.21. The van der Waals surface area contributed by atoms with Gasteiger partial charge in [0.05, 0.1) is 10.9 Å². The van der Waals surface area contributed by atoms with Crippen molar-refractivity contribution in [3.05, 3.63) is 18.3 Å². The number of hydrogen-bond donors (Lipinski definition) is 3. The first-order valence-corrected chi connectivity index (χ1v) is 7.41. The molecule has 2 rings (SSSR count). The molecule has 0 bridgehead atoms. The van der Waals surface area contributed by atoms with Crippen LogP contribution in [0.1, 0.15) is 19.8 Å². The van der Waals surface area contributed by atoms with Crippen molar-refractivity contribution in [3.63, 3.8) is 0 Å². The molecule has 1 saturated carbocycles.